The number of hydrogen-bond acceptors (Lipinski definition) is 2. The Labute approximate surface area is 71.0 Å². The molecule has 0 bridgehead atoms. The van der Waals surface area contributed by atoms with Crippen molar-refractivity contribution in [3.05, 3.63) is 29.8 Å². The van der Waals surface area contributed by atoms with E-state index in [1.165, 1.54) is 0 Å². The third-order valence-corrected chi connectivity index (χ3v) is 1.83. The molecule has 0 aliphatic carbocycles. The van der Waals surface area contributed by atoms with Crippen molar-refractivity contribution in [1.82, 2.24) is 0 Å². The summed E-state index contributed by atoms with van der Waals surface area (Å²) in [5.41, 5.74) is 0.690. The molecular weight excluding hydrogens is 156 g/mol. The smallest absolute Gasteiger partial charge is 0.345 e. The van der Waals surface area contributed by atoms with E-state index in [0.29, 0.717) is 23.8 Å². The molecule has 1 aliphatic rings. The van der Waals surface area contributed by atoms with Gasteiger partial charge >= 0.3 is 5.97 Å². The zero-order valence-electron chi connectivity index (χ0n) is 7.28. The van der Waals surface area contributed by atoms with Crippen molar-refractivity contribution < 1.29 is 16.0 Å². The number of ether oxygens (including phenoxy) is 1. The maximum absolute atomic E-state index is 10.6. The summed E-state index contributed by atoms with van der Waals surface area (Å²) in [6.45, 7) is 0. The molecule has 12 heavy (non-hydrogen) atoms. The number of fused-ring (bicyclic) bond motifs is 1. The number of carboxylic acid groups (broad SMARTS) is 1. The molecule has 0 saturated heterocycles. The molecule has 1 aromatic carbocycles. The number of benzene rings is 1. The molecule has 3 nitrogen and oxygen atoms in total. The van der Waals surface area contributed by atoms with Crippen molar-refractivity contribution in [2.75, 3.05) is 0 Å². The molecule has 0 spiro atoms. The maximum atomic E-state index is 10.6. The highest BCUT2D eigenvalue weighted by molar-refractivity contribution is 5.74. The summed E-state index contributed by atoms with van der Waals surface area (Å²) in [5.74, 6) is -0.449. The van der Waals surface area contributed by atoms with Gasteiger partial charge in [0, 0.05) is 6.42 Å². The van der Waals surface area contributed by atoms with Crippen LogP contribution in [-0.2, 0) is 11.2 Å². The summed E-state index contributed by atoms with van der Waals surface area (Å²) in [5, 5.41) is 8.69. The molecule has 1 atom stereocenters. The lowest BCUT2D eigenvalue weighted by atomic mass is 10.1. The van der Waals surface area contributed by atoms with Crippen LogP contribution < -0.4 is 4.74 Å². The van der Waals surface area contributed by atoms with Gasteiger partial charge in [-0.25, -0.2) is 4.79 Å². The average Bonchev–Trinajstić information content (AvgIpc) is 2.49. The Morgan fingerprint density at radius 3 is 3.25 bits per heavy atom. The molecule has 1 unspecified atom stereocenters. The van der Waals surface area contributed by atoms with Crippen LogP contribution in [-0.4, -0.2) is 17.2 Å². The molecule has 0 fully saturated rings. The molecule has 0 radical (unpaired) electrons. The monoisotopic (exact) mass is 165 g/mol. The van der Waals surface area contributed by atoms with E-state index in [1.807, 2.05) is 0 Å². The van der Waals surface area contributed by atoms with Crippen LogP contribution in [0.15, 0.2) is 24.2 Å². The first-order chi connectivity index (χ1) is 6.18. The van der Waals surface area contributed by atoms with E-state index in [-0.39, 0.29) is 0 Å². The fourth-order valence-corrected chi connectivity index (χ4v) is 1.24. The third-order valence-electron chi connectivity index (χ3n) is 1.83. The van der Waals surface area contributed by atoms with Crippen LogP contribution in [0.1, 0.15) is 6.93 Å². The van der Waals surface area contributed by atoms with Crippen molar-refractivity contribution in [3.63, 3.8) is 0 Å². The number of carboxylic acids is 1. The Morgan fingerprint density at radius 2 is 2.58 bits per heavy atom. The second kappa shape index (κ2) is 2.52. The third kappa shape index (κ3) is 1.03. The van der Waals surface area contributed by atoms with Gasteiger partial charge in [0.2, 0.25) is 0 Å². The lowest BCUT2D eigenvalue weighted by molar-refractivity contribution is -0.144. The van der Waals surface area contributed by atoms with Crippen molar-refractivity contribution in [1.29, 1.82) is 0 Å². The molecule has 2 rings (SSSR count). The van der Waals surface area contributed by atoms with Crippen LogP contribution in [0.3, 0.4) is 0 Å². The van der Waals surface area contributed by atoms with Crippen LogP contribution in [0.4, 0.5) is 0 Å². The van der Waals surface area contributed by atoms with E-state index in [4.69, 9.17) is 11.2 Å². The number of hydrogen-bond donors (Lipinski definition) is 1. The second-order valence-electron chi connectivity index (χ2n) is 2.66. The SMILES string of the molecule is [2H]c1cccc2c1CC(C(=O)O)O2. The Morgan fingerprint density at radius 1 is 1.75 bits per heavy atom. The van der Waals surface area contributed by atoms with Gasteiger partial charge < -0.3 is 9.84 Å². The first-order valence-corrected chi connectivity index (χ1v) is 3.66. The van der Waals surface area contributed by atoms with Gasteiger partial charge in [-0.15, -0.1) is 0 Å². The minimum absolute atomic E-state index is 0.296. The van der Waals surface area contributed by atoms with E-state index in [9.17, 15) is 4.79 Å². The Bertz CT molecular complexity index is 362. The molecule has 62 valence electrons. The first kappa shape index (κ1) is 6.06. The molecule has 1 N–H and O–H groups in total. The van der Waals surface area contributed by atoms with Crippen LogP contribution >= 0.6 is 0 Å². The van der Waals surface area contributed by atoms with Gasteiger partial charge in [0.15, 0.2) is 6.10 Å². The minimum Gasteiger partial charge on any atom is -0.478 e. The lowest BCUT2D eigenvalue weighted by Gasteiger charge is -2.02. The molecule has 3 heteroatoms. The summed E-state index contributed by atoms with van der Waals surface area (Å²) < 4.78 is 12.6. The fraction of sp³-hybridized carbons (Fsp3) is 0.222. The Hall–Kier alpha value is -1.51. The predicted octanol–water partition coefficient (Wildman–Crippen LogP) is 1.07. The summed E-state index contributed by atoms with van der Waals surface area (Å²) in [6.07, 6.45) is -0.522. The largest absolute Gasteiger partial charge is 0.478 e. The van der Waals surface area contributed by atoms with Crippen molar-refractivity contribution >= 4 is 5.97 Å². The van der Waals surface area contributed by atoms with Crippen LogP contribution in [0.5, 0.6) is 5.75 Å². The number of para-hydroxylation sites is 1. The van der Waals surface area contributed by atoms with Crippen LogP contribution in [0.25, 0.3) is 0 Å². The average molecular weight is 165 g/mol. The zero-order valence-corrected chi connectivity index (χ0v) is 6.28. The fourth-order valence-electron chi connectivity index (χ4n) is 1.24. The Kier molecular flexibility index (Phi) is 1.27. The maximum Gasteiger partial charge on any atom is 0.345 e. The predicted molar refractivity (Wildman–Crippen MR) is 42.2 cm³/mol. The number of carbonyl (C=O) groups is 1. The Balaban J connectivity index is 2.35. The quantitative estimate of drug-likeness (QED) is 0.677. The van der Waals surface area contributed by atoms with Gasteiger partial charge in [-0.2, -0.15) is 0 Å². The molecule has 1 aliphatic heterocycles. The standard InChI is InChI=1S/C9H8O3/c10-9(11)8-5-6-3-1-2-4-7(6)12-8/h1-4,8H,5H2,(H,10,11)/i3D. The van der Waals surface area contributed by atoms with Gasteiger partial charge in [-0.1, -0.05) is 18.2 Å². The molecule has 0 aromatic heterocycles. The van der Waals surface area contributed by atoms with Gasteiger partial charge in [0.25, 0.3) is 0 Å². The summed E-state index contributed by atoms with van der Waals surface area (Å²) in [6, 6.07) is 5.36. The van der Waals surface area contributed by atoms with Gasteiger partial charge in [-0.05, 0) is 11.6 Å². The summed E-state index contributed by atoms with van der Waals surface area (Å²) in [7, 11) is 0. The topological polar surface area (TPSA) is 46.5 Å². The summed E-state index contributed by atoms with van der Waals surface area (Å²) >= 11 is 0. The van der Waals surface area contributed by atoms with Crippen molar-refractivity contribution in [2.24, 2.45) is 0 Å². The zero-order chi connectivity index (χ0) is 9.42. The van der Waals surface area contributed by atoms with Crippen molar-refractivity contribution in [2.45, 2.75) is 12.5 Å². The van der Waals surface area contributed by atoms with Gasteiger partial charge in [-0.3, -0.25) is 0 Å². The molecule has 0 amide bonds. The minimum atomic E-state index is -0.976. The normalized spacial score (nSPS) is 21.0. The van der Waals surface area contributed by atoms with Gasteiger partial charge in [0.05, 0.1) is 1.37 Å². The van der Waals surface area contributed by atoms with E-state index >= 15 is 0 Å². The first-order valence-electron chi connectivity index (χ1n) is 4.16. The number of rotatable bonds is 1. The van der Waals surface area contributed by atoms with E-state index in [1.54, 1.807) is 18.2 Å². The molecule has 1 aromatic rings. The highest BCUT2D eigenvalue weighted by atomic mass is 16.5. The van der Waals surface area contributed by atoms with Crippen LogP contribution in [0, 0.1) is 0 Å². The van der Waals surface area contributed by atoms with E-state index in [2.05, 4.69) is 0 Å². The molecule has 1 heterocycles. The molecule has 0 saturated carbocycles. The van der Waals surface area contributed by atoms with Gasteiger partial charge in [0.1, 0.15) is 5.75 Å². The van der Waals surface area contributed by atoms with Crippen LogP contribution in [0.2, 0.25) is 0 Å². The highest BCUT2D eigenvalue weighted by Crippen LogP contribution is 2.27. The summed E-state index contributed by atoms with van der Waals surface area (Å²) in [4.78, 5) is 10.6. The lowest BCUT2D eigenvalue weighted by Crippen LogP contribution is -2.24. The van der Waals surface area contributed by atoms with E-state index in [0.717, 1.165) is 0 Å². The van der Waals surface area contributed by atoms with Crippen molar-refractivity contribution in [3.8, 4) is 5.75 Å². The number of aliphatic carboxylic acids is 1. The molecular formula is C9H8O3. The highest BCUT2D eigenvalue weighted by Gasteiger charge is 2.27. The van der Waals surface area contributed by atoms with E-state index < -0.39 is 12.1 Å². The second-order valence-corrected chi connectivity index (χ2v) is 2.66.